The predicted molar refractivity (Wildman–Crippen MR) is 54.5 cm³/mol. The summed E-state index contributed by atoms with van der Waals surface area (Å²) >= 11 is 0. The predicted octanol–water partition coefficient (Wildman–Crippen LogP) is 0.964. The van der Waals surface area contributed by atoms with E-state index in [9.17, 15) is 0 Å². The fraction of sp³-hybridized carbons (Fsp3) is 0.250. The van der Waals surface area contributed by atoms with Gasteiger partial charge in [0, 0.05) is 12.6 Å². The van der Waals surface area contributed by atoms with Crippen LogP contribution in [0.4, 0.5) is 17.6 Å². The van der Waals surface area contributed by atoms with E-state index in [-0.39, 0.29) is 5.95 Å². The molecule has 0 spiro atoms. The molecule has 0 aliphatic heterocycles. The third-order valence-corrected chi connectivity index (χ3v) is 1.64. The van der Waals surface area contributed by atoms with Crippen molar-refractivity contribution in [1.82, 2.24) is 9.97 Å². The first-order chi connectivity index (χ1) is 6.19. The molecule has 0 aliphatic carbocycles. The maximum atomic E-state index is 5.50. The van der Waals surface area contributed by atoms with Gasteiger partial charge in [-0.2, -0.15) is 9.97 Å². The Morgan fingerprint density at radius 2 is 2.00 bits per heavy atom. The minimum absolute atomic E-state index is 0.235. The zero-order valence-corrected chi connectivity index (χ0v) is 7.76. The molecule has 0 saturated carbocycles. The Bertz CT molecular complexity index is 321. The van der Waals surface area contributed by atoms with Gasteiger partial charge in [0.15, 0.2) is 0 Å². The number of aromatic nitrogens is 2. The second-order valence-corrected chi connectivity index (χ2v) is 2.50. The van der Waals surface area contributed by atoms with E-state index in [0.717, 1.165) is 11.4 Å². The van der Waals surface area contributed by atoms with Crippen molar-refractivity contribution in [3.05, 3.63) is 18.3 Å². The minimum Gasteiger partial charge on any atom is -0.373 e. The van der Waals surface area contributed by atoms with Crippen LogP contribution in [0, 0.1) is 6.92 Å². The largest absolute Gasteiger partial charge is 0.373 e. The summed E-state index contributed by atoms with van der Waals surface area (Å²) in [6.07, 6.45) is 1.55. The number of anilines is 3. The van der Waals surface area contributed by atoms with Gasteiger partial charge < -0.3 is 16.4 Å². The van der Waals surface area contributed by atoms with Gasteiger partial charge >= 0.3 is 0 Å². The van der Waals surface area contributed by atoms with Crippen LogP contribution in [-0.4, -0.2) is 17.0 Å². The van der Waals surface area contributed by atoms with Crippen LogP contribution in [0.15, 0.2) is 12.8 Å². The highest BCUT2D eigenvalue weighted by molar-refractivity contribution is 5.60. The molecule has 0 aromatic carbocycles. The Morgan fingerprint density at radius 3 is 2.54 bits per heavy atom. The third kappa shape index (κ3) is 1.87. The van der Waals surface area contributed by atoms with E-state index in [4.69, 9.17) is 5.73 Å². The van der Waals surface area contributed by atoms with Crippen molar-refractivity contribution in [1.29, 1.82) is 0 Å². The first-order valence-electron chi connectivity index (χ1n) is 3.88. The molecule has 5 nitrogen and oxygen atoms in total. The summed E-state index contributed by atoms with van der Waals surface area (Å²) in [5.74, 6) is 1.63. The highest BCUT2D eigenvalue weighted by atomic mass is 15.1. The fourth-order valence-electron chi connectivity index (χ4n) is 1.01. The molecule has 0 radical (unpaired) electrons. The second kappa shape index (κ2) is 3.75. The molecule has 0 atom stereocenters. The molecule has 0 fully saturated rings. The summed E-state index contributed by atoms with van der Waals surface area (Å²) in [5.41, 5.74) is 6.41. The van der Waals surface area contributed by atoms with Gasteiger partial charge in [-0.05, 0) is 13.1 Å². The molecular formula is C8H13N5. The van der Waals surface area contributed by atoms with Crippen molar-refractivity contribution in [3.8, 4) is 0 Å². The Labute approximate surface area is 77.1 Å². The summed E-state index contributed by atoms with van der Waals surface area (Å²) in [6.45, 7) is 5.45. The number of rotatable bonds is 3. The van der Waals surface area contributed by atoms with Gasteiger partial charge in [-0.3, -0.25) is 0 Å². The van der Waals surface area contributed by atoms with Crippen molar-refractivity contribution in [2.24, 2.45) is 0 Å². The van der Waals surface area contributed by atoms with Gasteiger partial charge in [-0.15, -0.1) is 0 Å². The van der Waals surface area contributed by atoms with Gasteiger partial charge in [0.2, 0.25) is 5.95 Å². The first kappa shape index (κ1) is 9.31. The van der Waals surface area contributed by atoms with Crippen molar-refractivity contribution >= 4 is 17.6 Å². The highest BCUT2D eigenvalue weighted by Crippen LogP contribution is 2.19. The Morgan fingerprint density at radius 1 is 1.38 bits per heavy atom. The summed E-state index contributed by atoms with van der Waals surface area (Å²) in [7, 11) is 1.78. The molecule has 1 heterocycles. The van der Waals surface area contributed by atoms with E-state index in [0.29, 0.717) is 5.82 Å². The topological polar surface area (TPSA) is 75.9 Å². The van der Waals surface area contributed by atoms with Crippen LogP contribution in [0.25, 0.3) is 0 Å². The van der Waals surface area contributed by atoms with Crippen molar-refractivity contribution in [2.75, 3.05) is 23.4 Å². The lowest BCUT2D eigenvalue weighted by Gasteiger charge is -2.09. The van der Waals surface area contributed by atoms with Crippen LogP contribution in [0.2, 0.25) is 0 Å². The van der Waals surface area contributed by atoms with Gasteiger partial charge in [0.25, 0.3) is 0 Å². The third-order valence-electron chi connectivity index (χ3n) is 1.64. The summed E-state index contributed by atoms with van der Waals surface area (Å²) in [5, 5.41) is 5.81. The molecule has 4 N–H and O–H groups in total. The molecule has 0 unspecified atom stereocenters. The molecule has 0 amide bonds. The molecule has 1 aromatic rings. The molecule has 5 heteroatoms. The Kier molecular flexibility index (Phi) is 2.69. The molecule has 13 heavy (non-hydrogen) atoms. The summed E-state index contributed by atoms with van der Waals surface area (Å²) in [6, 6.07) is 0. The van der Waals surface area contributed by atoms with Gasteiger partial charge in [-0.25, -0.2) is 0 Å². The zero-order chi connectivity index (χ0) is 9.84. The van der Waals surface area contributed by atoms with E-state index < -0.39 is 0 Å². The Hall–Kier alpha value is -1.78. The monoisotopic (exact) mass is 179 g/mol. The van der Waals surface area contributed by atoms with E-state index in [1.165, 1.54) is 0 Å². The number of hydrogen-bond acceptors (Lipinski definition) is 5. The van der Waals surface area contributed by atoms with Crippen LogP contribution < -0.4 is 16.4 Å². The number of nitrogens with two attached hydrogens (primary N) is 1. The van der Waals surface area contributed by atoms with Crippen molar-refractivity contribution in [3.63, 3.8) is 0 Å². The first-order valence-corrected chi connectivity index (χ1v) is 3.88. The van der Waals surface area contributed by atoms with Crippen LogP contribution in [-0.2, 0) is 0 Å². The molecule has 70 valence electrons. The van der Waals surface area contributed by atoms with E-state index >= 15 is 0 Å². The van der Waals surface area contributed by atoms with Crippen molar-refractivity contribution in [2.45, 2.75) is 6.92 Å². The van der Waals surface area contributed by atoms with E-state index in [1.807, 2.05) is 6.92 Å². The lowest BCUT2D eigenvalue weighted by atomic mass is 10.3. The molecule has 0 bridgehead atoms. The lowest BCUT2D eigenvalue weighted by molar-refractivity contribution is 1.14. The normalized spacial score (nSPS) is 9.38. The van der Waals surface area contributed by atoms with Crippen LogP contribution in [0.1, 0.15) is 5.56 Å². The average Bonchev–Trinajstić information content (AvgIpc) is 2.11. The molecule has 0 aliphatic rings. The average molecular weight is 179 g/mol. The number of nitrogens with one attached hydrogen (secondary N) is 2. The summed E-state index contributed by atoms with van der Waals surface area (Å²) < 4.78 is 0. The van der Waals surface area contributed by atoms with Gasteiger partial charge in [0.1, 0.15) is 11.6 Å². The van der Waals surface area contributed by atoms with Crippen LogP contribution in [0.3, 0.4) is 0 Å². The standard InChI is InChI=1S/C8H13N5/c1-4-11-7-5(2)6(10-3)12-8(9)13-7/h4H,1H2,2-3H3,(H4,9,10,11,12,13). The van der Waals surface area contributed by atoms with E-state index in [1.54, 1.807) is 13.2 Å². The molecule has 0 saturated heterocycles. The SMILES string of the molecule is C=CNc1nc(N)nc(NC)c1C. The van der Waals surface area contributed by atoms with E-state index in [2.05, 4.69) is 27.2 Å². The lowest BCUT2D eigenvalue weighted by Crippen LogP contribution is -2.06. The van der Waals surface area contributed by atoms with Crippen LogP contribution in [0.5, 0.6) is 0 Å². The molecule has 1 aromatic heterocycles. The summed E-state index contributed by atoms with van der Waals surface area (Å²) in [4.78, 5) is 8.03. The second-order valence-electron chi connectivity index (χ2n) is 2.50. The minimum atomic E-state index is 0.235. The maximum absolute atomic E-state index is 5.50. The maximum Gasteiger partial charge on any atom is 0.223 e. The quantitative estimate of drug-likeness (QED) is 0.644. The fourth-order valence-corrected chi connectivity index (χ4v) is 1.01. The van der Waals surface area contributed by atoms with Gasteiger partial charge in [0.05, 0.1) is 0 Å². The number of nitrogen functional groups attached to an aromatic ring is 1. The smallest absolute Gasteiger partial charge is 0.223 e. The number of hydrogen-bond donors (Lipinski definition) is 3. The molecule has 1 rings (SSSR count). The van der Waals surface area contributed by atoms with Gasteiger partial charge in [-0.1, -0.05) is 6.58 Å². The van der Waals surface area contributed by atoms with Crippen molar-refractivity contribution < 1.29 is 0 Å². The Balaban J connectivity index is 3.18. The van der Waals surface area contributed by atoms with Crippen LogP contribution >= 0.6 is 0 Å². The number of nitrogens with zero attached hydrogens (tertiary/aromatic N) is 2. The zero-order valence-electron chi connectivity index (χ0n) is 7.76. The molecular weight excluding hydrogens is 166 g/mol. The highest BCUT2D eigenvalue weighted by Gasteiger charge is 2.06.